The molecule has 0 fully saturated rings. The van der Waals surface area contributed by atoms with E-state index >= 15 is 0 Å². The number of esters is 1. The maximum absolute atomic E-state index is 12.6. The summed E-state index contributed by atoms with van der Waals surface area (Å²) < 4.78 is 9.70. The lowest BCUT2D eigenvalue weighted by Crippen LogP contribution is -2.31. The van der Waals surface area contributed by atoms with Gasteiger partial charge in [0, 0.05) is 25.6 Å². The van der Waals surface area contributed by atoms with Gasteiger partial charge >= 0.3 is 5.97 Å². The van der Waals surface area contributed by atoms with Gasteiger partial charge in [0.25, 0.3) is 5.91 Å². The molecule has 0 bridgehead atoms. The molecule has 0 aromatic carbocycles. The number of carbonyl (C=O) groups is 2. The summed E-state index contributed by atoms with van der Waals surface area (Å²) >= 11 is 2.75. The number of carbonyl (C=O) groups excluding carboxylic acids is 2. The standard InChI is InChI=1S/C15H18N2O4S2/c1-20-7-4-6-17(14(18)12-5-3-8-22-12)9-13-16-11(10-23-13)15(19)21-2/h3,5,8,10H,4,6-7,9H2,1-2H3. The van der Waals surface area contributed by atoms with E-state index in [1.54, 1.807) is 23.5 Å². The van der Waals surface area contributed by atoms with E-state index < -0.39 is 5.97 Å². The Morgan fingerprint density at radius 3 is 2.78 bits per heavy atom. The maximum Gasteiger partial charge on any atom is 0.357 e. The largest absolute Gasteiger partial charge is 0.464 e. The summed E-state index contributed by atoms with van der Waals surface area (Å²) in [6, 6.07) is 3.65. The van der Waals surface area contributed by atoms with Crippen LogP contribution in [0.15, 0.2) is 22.9 Å². The highest BCUT2D eigenvalue weighted by Gasteiger charge is 2.19. The molecule has 0 spiro atoms. The van der Waals surface area contributed by atoms with E-state index in [1.807, 2.05) is 11.4 Å². The Kier molecular flexibility index (Phi) is 6.69. The second-order valence-corrected chi connectivity index (χ2v) is 6.56. The Labute approximate surface area is 142 Å². The third-order valence-corrected chi connectivity index (χ3v) is 4.76. The molecule has 0 radical (unpaired) electrons. The van der Waals surface area contributed by atoms with Crippen LogP contribution in [0, 0.1) is 0 Å². The fourth-order valence-corrected chi connectivity index (χ4v) is 3.42. The summed E-state index contributed by atoms with van der Waals surface area (Å²) in [4.78, 5) is 30.7. The molecule has 0 unspecified atom stereocenters. The first-order valence-electron chi connectivity index (χ1n) is 7.00. The van der Waals surface area contributed by atoms with Crippen LogP contribution in [0.2, 0.25) is 0 Å². The van der Waals surface area contributed by atoms with Gasteiger partial charge in [-0.1, -0.05) is 6.07 Å². The molecule has 0 saturated heterocycles. The molecule has 23 heavy (non-hydrogen) atoms. The van der Waals surface area contributed by atoms with Crippen LogP contribution in [0.4, 0.5) is 0 Å². The zero-order valence-electron chi connectivity index (χ0n) is 13.0. The molecule has 8 heteroatoms. The number of hydrogen-bond donors (Lipinski definition) is 0. The Hall–Kier alpha value is -1.77. The third kappa shape index (κ3) is 4.85. The first-order chi connectivity index (χ1) is 11.2. The SMILES string of the molecule is COCCCN(Cc1nc(C(=O)OC)cs1)C(=O)c1cccs1. The van der Waals surface area contributed by atoms with Gasteiger partial charge in [0.05, 0.1) is 18.5 Å². The van der Waals surface area contributed by atoms with Crippen LogP contribution < -0.4 is 0 Å². The highest BCUT2D eigenvalue weighted by molar-refractivity contribution is 7.12. The summed E-state index contributed by atoms with van der Waals surface area (Å²) in [7, 11) is 2.95. The Morgan fingerprint density at radius 2 is 2.13 bits per heavy atom. The van der Waals surface area contributed by atoms with E-state index in [-0.39, 0.29) is 11.6 Å². The van der Waals surface area contributed by atoms with Crippen molar-refractivity contribution in [1.82, 2.24) is 9.88 Å². The van der Waals surface area contributed by atoms with Crippen molar-refractivity contribution < 1.29 is 19.1 Å². The average Bonchev–Trinajstić information content (AvgIpc) is 3.24. The number of rotatable bonds is 8. The van der Waals surface area contributed by atoms with Crippen LogP contribution in [-0.4, -0.2) is 49.1 Å². The van der Waals surface area contributed by atoms with E-state index in [4.69, 9.17) is 4.74 Å². The number of aromatic nitrogens is 1. The van der Waals surface area contributed by atoms with E-state index in [1.165, 1.54) is 29.8 Å². The number of thiophene rings is 1. The minimum Gasteiger partial charge on any atom is -0.464 e. The van der Waals surface area contributed by atoms with Crippen LogP contribution >= 0.6 is 22.7 Å². The lowest BCUT2D eigenvalue weighted by atomic mass is 10.3. The fourth-order valence-electron chi connectivity index (χ4n) is 1.95. The lowest BCUT2D eigenvalue weighted by molar-refractivity contribution is 0.0594. The van der Waals surface area contributed by atoms with Crippen LogP contribution in [-0.2, 0) is 16.0 Å². The van der Waals surface area contributed by atoms with Gasteiger partial charge in [-0.25, -0.2) is 9.78 Å². The fraction of sp³-hybridized carbons (Fsp3) is 0.400. The molecule has 6 nitrogen and oxygen atoms in total. The first-order valence-corrected chi connectivity index (χ1v) is 8.76. The predicted molar refractivity (Wildman–Crippen MR) is 89.0 cm³/mol. The monoisotopic (exact) mass is 354 g/mol. The van der Waals surface area contributed by atoms with Crippen molar-refractivity contribution in [3.05, 3.63) is 38.5 Å². The van der Waals surface area contributed by atoms with Gasteiger partial charge in [0.2, 0.25) is 0 Å². The Bertz CT molecular complexity index is 640. The van der Waals surface area contributed by atoms with E-state index in [2.05, 4.69) is 9.72 Å². The van der Waals surface area contributed by atoms with Crippen molar-refractivity contribution in [2.45, 2.75) is 13.0 Å². The van der Waals surface area contributed by atoms with Crippen molar-refractivity contribution in [3.63, 3.8) is 0 Å². The predicted octanol–water partition coefficient (Wildman–Crippen LogP) is 2.67. The number of thiazole rings is 1. The van der Waals surface area contributed by atoms with Crippen LogP contribution in [0.25, 0.3) is 0 Å². The molecule has 0 aliphatic carbocycles. The normalized spacial score (nSPS) is 10.5. The summed E-state index contributed by atoms with van der Waals surface area (Å²) in [5.41, 5.74) is 0.271. The topological polar surface area (TPSA) is 68.7 Å². The van der Waals surface area contributed by atoms with Gasteiger partial charge in [0.1, 0.15) is 5.01 Å². The summed E-state index contributed by atoms with van der Waals surface area (Å²) in [5, 5.41) is 4.22. The highest BCUT2D eigenvalue weighted by Crippen LogP contribution is 2.17. The Morgan fingerprint density at radius 1 is 1.30 bits per heavy atom. The van der Waals surface area contributed by atoms with Gasteiger partial charge in [-0.05, 0) is 17.9 Å². The molecule has 2 heterocycles. The van der Waals surface area contributed by atoms with Crippen molar-refractivity contribution in [2.75, 3.05) is 27.4 Å². The summed E-state index contributed by atoms with van der Waals surface area (Å²) in [5.74, 6) is -0.506. The second kappa shape index (κ2) is 8.76. The molecule has 0 N–H and O–H groups in total. The molecule has 2 aromatic rings. The van der Waals surface area contributed by atoms with Crippen molar-refractivity contribution in [3.8, 4) is 0 Å². The summed E-state index contributed by atoms with van der Waals surface area (Å²) in [6.07, 6.45) is 0.739. The molecule has 1 amide bonds. The van der Waals surface area contributed by atoms with Gasteiger partial charge in [-0.15, -0.1) is 22.7 Å². The number of amides is 1. The van der Waals surface area contributed by atoms with Crippen molar-refractivity contribution in [2.24, 2.45) is 0 Å². The average molecular weight is 354 g/mol. The third-order valence-electron chi connectivity index (χ3n) is 3.07. The maximum atomic E-state index is 12.6. The van der Waals surface area contributed by atoms with E-state index in [0.717, 1.165) is 6.42 Å². The smallest absolute Gasteiger partial charge is 0.357 e. The van der Waals surface area contributed by atoms with Crippen LogP contribution in [0.3, 0.4) is 0 Å². The van der Waals surface area contributed by atoms with Gasteiger partial charge in [0.15, 0.2) is 5.69 Å². The van der Waals surface area contributed by atoms with Crippen molar-refractivity contribution in [1.29, 1.82) is 0 Å². The lowest BCUT2D eigenvalue weighted by Gasteiger charge is -2.20. The quantitative estimate of drug-likeness (QED) is 0.538. The van der Waals surface area contributed by atoms with Crippen molar-refractivity contribution >= 4 is 34.6 Å². The molecular formula is C15H18N2O4S2. The zero-order chi connectivity index (χ0) is 16.7. The molecule has 0 aliphatic rings. The van der Waals surface area contributed by atoms with Crippen LogP contribution in [0.1, 0.15) is 31.6 Å². The van der Waals surface area contributed by atoms with E-state index in [9.17, 15) is 9.59 Å². The first kappa shape index (κ1) is 17.6. The van der Waals surface area contributed by atoms with Gasteiger partial charge in [-0.3, -0.25) is 4.79 Å². The molecule has 124 valence electrons. The minimum atomic E-state index is -0.469. The van der Waals surface area contributed by atoms with Gasteiger partial charge in [-0.2, -0.15) is 0 Å². The second-order valence-electron chi connectivity index (χ2n) is 4.67. The Balaban J connectivity index is 2.08. The van der Waals surface area contributed by atoms with Crippen LogP contribution in [0.5, 0.6) is 0 Å². The number of hydrogen-bond acceptors (Lipinski definition) is 7. The molecule has 2 aromatic heterocycles. The molecule has 2 rings (SSSR count). The number of ether oxygens (including phenoxy) is 2. The molecular weight excluding hydrogens is 336 g/mol. The molecule has 0 atom stereocenters. The summed E-state index contributed by atoms with van der Waals surface area (Å²) in [6.45, 7) is 1.51. The number of nitrogens with zero attached hydrogens (tertiary/aromatic N) is 2. The zero-order valence-corrected chi connectivity index (χ0v) is 14.6. The number of methoxy groups -OCH3 is 2. The van der Waals surface area contributed by atoms with Gasteiger partial charge < -0.3 is 14.4 Å². The minimum absolute atomic E-state index is 0.0362. The highest BCUT2D eigenvalue weighted by atomic mass is 32.1. The molecule has 0 saturated carbocycles. The molecule has 0 aliphatic heterocycles. The van der Waals surface area contributed by atoms with E-state index in [0.29, 0.717) is 29.6 Å².